The molecule has 0 radical (unpaired) electrons. The largest absolute Gasteiger partial charge is 0.495 e. The molecule has 1 fully saturated rings. The van der Waals surface area contributed by atoms with E-state index in [0.29, 0.717) is 11.6 Å². The van der Waals surface area contributed by atoms with Gasteiger partial charge in [-0.3, -0.25) is 0 Å². The first kappa shape index (κ1) is 13.8. The monoisotopic (exact) mass is 260 g/mol. The third kappa shape index (κ3) is 2.31. The molecule has 100 valence electrons. The van der Waals surface area contributed by atoms with Gasteiger partial charge in [-0.2, -0.15) is 0 Å². The lowest BCUT2D eigenvalue weighted by molar-refractivity contribution is 0.00578. The number of nitrogens with zero attached hydrogens (tertiary/aromatic N) is 2. The number of ether oxygens (including phenoxy) is 1. The molecule has 0 aromatic carbocycles. The van der Waals surface area contributed by atoms with Gasteiger partial charge in [0.15, 0.2) is 0 Å². The fourth-order valence-electron chi connectivity index (χ4n) is 1.80. The Balaban J connectivity index is 2.33. The Labute approximate surface area is 113 Å². The van der Waals surface area contributed by atoms with E-state index < -0.39 is 18.3 Å². The normalized spacial score (nSPS) is 20.1. The maximum absolute atomic E-state index is 7.13. The van der Waals surface area contributed by atoms with Crippen LogP contribution in [0.1, 0.15) is 27.7 Å². The van der Waals surface area contributed by atoms with E-state index in [0.717, 1.165) is 5.46 Å². The molecule has 0 spiro atoms. The summed E-state index contributed by atoms with van der Waals surface area (Å²) in [5.41, 5.74) is 0.270. The van der Waals surface area contributed by atoms with Gasteiger partial charge in [0, 0.05) is 6.20 Å². The first-order valence-corrected chi connectivity index (χ1v) is 6.08. The molecule has 0 saturated carbocycles. The van der Waals surface area contributed by atoms with E-state index in [-0.39, 0.29) is 0 Å². The third-order valence-corrected chi connectivity index (χ3v) is 3.69. The average Bonchev–Trinajstić information content (AvgIpc) is 2.57. The van der Waals surface area contributed by atoms with Gasteiger partial charge in [0.1, 0.15) is 0 Å². The number of rotatable bonds is 2. The molecule has 0 N–H and O–H groups in total. The predicted molar refractivity (Wildman–Crippen MR) is 72.8 cm³/mol. The fraction of sp³-hybridized carbons (Fsp3) is 0.538. The molecule has 1 saturated heterocycles. The SMILES string of the molecule is [C-]#[N+]c1cc(B2OC(C)(C)C(C)(C)O2)cnc1OC. The summed E-state index contributed by atoms with van der Waals surface area (Å²) >= 11 is 0. The van der Waals surface area contributed by atoms with Crippen LogP contribution in [0.25, 0.3) is 4.85 Å². The molecular weight excluding hydrogens is 243 g/mol. The van der Waals surface area contributed by atoms with Gasteiger partial charge in [0.2, 0.25) is 11.6 Å². The van der Waals surface area contributed by atoms with Crippen molar-refractivity contribution < 1.29 is 14.0 Å². The van der Waals surface area contributed by atoms with Crippen molar-refractivity contribution in [1.29, 1.82) is 0 Å². The minimum absolute atomic E-state index is 0.315. The Morgan fingerprint density at radius 3 is 2.32 bits per heavy atom. The highest BCUT2D eigenvalue weighted by molar-refractivity contribution is 6.62. The van der Waals surface area contributed by atoms with Crippen LogP contribution in [0.3, 0.4) is 0 Å². The molecule has 0 unspecified atom stereocenters. The first-order chi connectivity index (χ1) is 8.80. The Hall–Kier alpha value is -1.58. The highest BCUT2D eigenvalue weighted by atomic mass is 16.7. The van der Waals surface area contributed by atoms with Crippen molar-refractivity contribution in [3.63, 3.8) is 0 Å². The highest BCUT2D eigenvalue weighted by Crippen LogP contribution is 2.36. The van der Waals surface area contributed by atoms with Crippen LogP contribution in [0.5, 0.6) is 5.88 Å². The quantitative estimate of drug-likeness (QED) is 0.602. The number of pyridine rings is 1. The van der Waals surface area contributed by atoms with E-state index in [9.17, 15) is 0 Å². The van der Waals surface area contributed by atoms with Crippen molar-refractivity contribution in [2.24, 2.45) is 0 Å². The van der Waals surface area contributed by atoms with Crippen LogP contribution in [-0.2, 0) is 9.31 Å². The number of aromatic nitrogens is 1. The molecule has 2 rings (SSSR count). The summed E-state index contributed by atoms with van der Waals surface area (Å²) in [5, 5.41) is 0. The molecule has 0 atom stereocenters. The van der Waals surface area contributed by atoms with E-state index in [1.165, 1.54) is 7.11 Å². The van der Waals surface area contributed by atoms with Gasteiger partial charge in [-0.1, -0.05) is 0 Å². The second-order valence-corrected chi connectivity index (χ2v) is 5.50. The lowest BCUT2D eigenvalue weighted by Gasteiger charge is -2.32. The van der Waals surface area contributed by atoms with Crippen molar-refractivity contribution in [2.45, 2.75) is 38.9 Å². The number of methoxy groups -OCH3 is 1. The molecule has 19 heavy (non-hydrogen) atoms. The Kier molecular flexibility index (Phi) is 3.29. The second kappa shape index (κ2) is 4.51. The van der Waals surface area contributed by atoms with Crippen molar-refractivity contribution in [2.75, 3.05) is 7.11 Å². The summed E-state index contributed by atoms with van der Waals surface area (Å²) in [7, 11) is 0.981. The van der Waals surface area contributed by atoms with Crippen molar-refractivity contribution in [1.82, 2.24) is 4.98 Å². The van der Waals surface area contributed by atoms with E-state index in [4.69, 9.17) is 20.6 Å². The van der Waals surface area contributed by atoms with Crippen molar-refractivity contribution in [3.8, 4) is 5.88 Å². The van der Waals surface area contributed by atoms with Crippen LogP contribution in [0.4, 0.5) is 5.69 Å². The van der Waals surface area contributed by atoms with Crippen LogP contribution >= 0.6 is 0 Å². The van der Waals surface area contributed by atoms with E-state index in [2.05, 4.69) is 9.83 Å². The van der Waals surface area contributed by atoms with E-state index in [1.807, 2.05) is 27.7 Å². The van der Waals surface area contributed by atoms with Gasteiger partial charge in [0.05, 0.1) is 24.9 Å². The Bertz CT molecular complexity index is 521. The smallest absolute Gasteiger partial charge is 0.490 e. The molecule has 5 nitrogen and oxygen atoms in total. The molecular formula is C13H17BN2O3. The van der Waals surface area contributed by atoms with Crippen LogP contribution < -0.4 is 10.2 Å². The minimum Gasteiger partial charge on any atom is -0.490 e. The Morgan fingerprint density at radius 1 is 1.26 bits per heavy atom. The summed E-state index contributed by atoms with van der Waals surface area (Å²) in [4.78, 5) is 7.51. The lowest BCUT2D eigenvalue weighted by Crippen LogP contribution is -2.41. The van der Waals surface area contributed by atoms with Gasteiger partial charge in [-0.25, -0.2) is 9.83 Å². The maximum atomic E-state index is 7.13. The van der Waals surface area contributed by atoms with Gasteiger partial charge in [0.25, 0.3) is 0 Å². The summed E-state index contributed by atoms with van der Waals surface area (Å²) in [6.07, 6.45) is 1.62. The fourth-order valence-corrected chi connectivity index (χ4v) is 1.80. The molecule has 0 aliphatic carbocycles. The standard InChI is InChI=1S/C13H17BN2O3/c1-12(2)13(3,4)19-14(18-12)9-7-10(15-5)11(17-6)16-8-9/h7-8H,1-4,6H3. The Morgan fingerprint density at radius 2 is 1.84 bits per heavy atom. The molecule has 1 aliphatic rings. The van der Waals surface area contributed by atoms with Crippen molar-refractivity contribution >= 4 is 18.3 Å². The molecule has 1 aromatic heterocycles. The predicted octanol–water partition coefficient (Wildman–Crippen LogP) is 1.94. The number of hydrogen-bond acceptors (Lipinski definition) is 4. The molecule has 1 aliphatic heterocycles. The topological polar surface area (TPSA) is 44.9 Å². The third-order valence-electron chi connectivity index (χ3n) is 3.69. The van der Waals surface area contributed by atoms with Crippen molar-refractivity contribution in [3.05, 3.63) is 23.7 Å². The molecule has 1 aromatic rings. The van der Waals surface area contributed by atoms with Crippen LogP contribution in [0.2, 0.25) is 0 Å². The zero-order chi connectivity index (χ0) is 14.3. The maximum Gasteiger partial charge on any atom is 0.495 e. The van der Waals surface area contributed by atoms with Gasteiger partial charge in [-0.05, 0) is 39.2 Å². The minimum atomic E-state index is -0.510. The summed E-state index contributed by atoms with van der Waals surface area (Å²) in [6, 6.07) is 1.70. The molecule has 2 heterocycles. The zero-order valence-electron chi connectivity index (χ0n) is 11.9. The average molecular weight is 260 g/mol. The summed E-state index contributed by atoms with van der Waals surface area (Å²) < 4.78 is 16.9. The summed E-state index contributed by atoms with van der Waals surface area (Å²) in [5.74, 6) is 0.315. The summed E-state index contributed by atoms with van der Waals surface area (Å²) in [6.45, 7) is 15.1. The molecule has 0 bridgehead atoms. The van der Waals surface area contributed by atoms with E-state index >= 15 is 0 Å². The van der Waals surface area contributed by atoms with E-state index in [1.54, 1.807) is 12.3 Å². The van der Waals surface area contributed by atoms with Gasteiger partial charge >= 0.3 is 7.12 Å². The van der Waals surface area contributed by atoms with Crippen LogP contribution in [0.15, 0.2) is 12.3 Å². The number of hydrogen-bond donors (Lipinski definition) is 0. The second-order valence-electron chi connectivity index (χ2n) is 5.50. The highest BCUT2D eigenvalue weighted by Gasteiger charge is 2.51. The van der Waals surface area contributed by atoms with Gasteiger partial charge in [-0.15, -0.1) is 0 Å². The van der Waals surface area contributed by atoms with Gasteiger partial charge < -0.3 is 14.0 Å². The lowest BCUT2D eigenvalue weighted by atomic mass is 9.80. The molecule has 0 amide bonds. The first-order valence-electron chi connectivity index (χ1n) is 6.08. The van der Waals surface area contributed by atoms with Crippen LogP contribution in [-0.4, -0.2) is 30.4 Å². The zero-order valence-corrected chi connectivity index (χ0v) is 11.9. The molecule has 6 heteroatoms. The van der Waals surface area contributed by atoms with Crippen LogP contribution in [0, 0.1) is 6.57 Å².